The standard InChI is InChI=1S/C20H21N5O/c1-14-7-6-10-17(23-14)13-25(12-16-8-4-3-5-9-16)19(26)18-11-22-20(21)24-15(18)2/h3-11H,12-13H2,1-2H3,(H2,21,22,24). The largest absolute Gasteiger partial charge is 0.368 e. The summed E-state index contributed by atoms with van der Waals surface area (Å²) in [6.07, 6.45) is 1.49. The van der Waals surface area contributed by atoms with Gasteiger partial charge in [0.05, 0.1) is 23.5 Å². The van der Waals surface area contributed by atoms with Crippen LogP contribution < -0.4 is 5.73 Å². The van der Waals surface area contributed by atoms with Gasteiger partial charge in [-0.25, -0.2) is 9.97 Å². The highest BCUT2D eigenvalue weighted by molar-refractivity contribution is 5.95. The Kier molecular flexibility index (Phi) is 5.22. The molecule has 0 unspecified atom stereocenters. The summed E-state index contributed by atoms with van der Waals surface area (Å²) in [7, 11) is 0. The highest BCUT2D eigenvalue weighted by atomic mass is 16.2. The first-order chi connectivity index (χ1) is 12.5. The summed E-state index contributed by atoms with van der Waals surface area (Å²) in [5, 5.41) is 0. The number of amides is 1. The maximum atomic E-state index is 13.1. The molecule has 0 bridgehead atoms. The second kappa shape index (κ2) is 7.74. The van der Waals surface area contributed by atoms with E-state index in [9.17, 15) is 4.79 Å². The van der Waals surface area contributed by atoms with Gasteiger partial charge in [0.15, 0.2) is 0 Å². The summed E-state index contributed by atoms with van der Waals surface area (Å²) in [6, 6.07) is 15.7. The van der Waals surface area contributed by atoms with Gasteiger partial charge < -0.3 is 10.6 Å². The molecule has 0 aliphatic carbocycles. The molecule has 0 fully saturated rings. The SMILES string of the molecule is Cc1cccc(CN(Cc2ccccc2)C(=O)c2cnc(N)nc2C)n1. The second-order valence-corrected chi connectivity index (χ2v) is 6.14. The molecule has 1 amide bonds. The molecule has 2 N–H and O–H groups in total. The Morgan fingerprint density at radius 3 is 2.46 bits per heavy atom. The van der Waals surface area contributed by atoms with Gasteiger partial charge in [0.1, 0.15) is 0 Å². The quantitative estimate of drug-likeness (QED) is 0.767. The fraction of sp³-hybridized carbons (Fsp3) is 0.200. The lowest BCUT2D eigenvalue weighted by Gasteiger charge is -2.23. The molecule has 0 saturated carbocycles. The number of nitrogens with zero attached hydrogens (tertiary/aromatic N) is 4. The zero-order valence-electron chi connectivity index (χ0n) is 14.9. The van der Waals surface area contributed by atoms with Crippen molar-refractivity contribution in [1.29, 1.82) is 0 Å². The Labute approximate surface area is 152 Å². The van der Waals surface area contributed by atoms with Crippen LogP contribution in [0.25, 0.3) is 0 Å². The van der Waals surface area contributed by atoms with Crippen molar-refractivity contribution in [3.63, 3.8) is 0 Å². The zero-order valence-corrected chi connectivity index (χ0v) is 14.9. The lowest BCUT2D eigenvalue weighted by atomic mass is 10.1. The van der Waals surface area contributed by atoms with Gasteiger partial charge >= 0.3 is 0 Å². The van der Waals surface area contributed by atoms with E-state index in [1.807, 2.05) is 55.5 Å². The van der Waals surface area contributed by atoms with E-state index in [0.717, 1.165) is 17.0 Å². The van der Waals surface area contributed by atoms with Crippen molar-refractivity contribution in [1.82, 2.24) is 19.9 Å². The molecule has 0 atom stereocenters. The summed E-state index contributed by atoms with van der Waals surface area (Å²) in [5.74, 6) is 0.0173. The average molecular weight is 347 g/mol. The van der Waals surface area contributed by atoms with Crippen LogP contribution in [-0.4, -0.2) is 25.8 Å². The molecular weight excluding hydrogens is 326 g/mol. The predicted molar refractivity (Wildman–Crippen MR) is 100 cm³/mol. The Bertz CT molecular complexity index is 911. The van der Waals surface area contributed by atoms with Crippen LogP contribution in [0.4, 0.5) is 5.95 Å². The molecule has 3 aromatic rings. The first kappa shape index (κ1) is 17.5. The van der Waals surface area contributed by atoms with Crippen LogP contribution in [-0.2, 0) is 13.1 Å². The molecule has 1 aromatic carbocycles. The van der Waals surface area contributed by atoms with E-state index in [0.29, 0.717) is 24.3 Å². The lowest BCUT2D eigenvalue weighted by molar-refractivity contribution is 0.0726. The normalized spacial score (nSPS) is 10.5. The van der Waals surface area contributed by atoms with Crippen molar-refractivity contribution in [2.75, 3.05) is 5.73 Å². The summed E-state index contributed by atoms with van der Waals surface area (Å²) in [6.45, 7) is 4.57. The topological polar surface area (TPSA) is 85.0 Å². The minimum Gasteiger partial charge on any atom is -0.368 e. The van der Waals surface area contributed by atoms with Gasteiger partial charge in [-0.15, -0.1) is 0 Å². The number of aryl methyl sites for hydroxylation is 2. The third kappa shape index (κ3) is 4.22. The molecule has 2 aromatic heterocycles. The number of hydrogen-bond donors (Lipinski definition) is 1. The molecule has 0 spiro atoms. The van der Waals surface area contributed by atoms with Crippen molar-refractivity contribution in [3.05, 3.63) is 82.9 Å². The molecule has 26 heavy (non-hydrogen) atoms. The molecule has 0 saturated heterocycles. The number of aromatic nitrogens is 3. The number of nitrogens with two attached hydrogens (primary N) is 1. The highest BCUT2D eigenvalue weighted by Crippen LogP contribution is 2.15. The molecule has 0 aliphatic rings. The van der Waals surface area contributed by atoms with Crippen LogP contribution >= 0.6 is 0 Å². The first-order valence-corrected chi connectivity index (χ1v) is 8.38. The van der Waals surface area contributed by atoms with Gasteiger partial charge in [-0.1, -0.05) is 36.4 Å². The smallest absolute Gasteiger partial charge is 0.257 e. The van der Waals surface area contributed by atoms with Crippen LogP contribution in [0.2, 0.25) is 0 Å². The number of carbonyl (C=O) groups excluding carboxylic acids is 1. The number of anilines is 1. The van der Waals surface area contributed by atoms with Crippen LogP contribution in [0.15, 0.2) is 54.7 Å². The van der Waals surface area contributed by atoms with E-state index >= 15 is 0 Å². The van der Waals surface area contributed by atoms with E-state index in [2.05, 4.69) is 15.0 Å². The van der Waals surface area contributed by atoms with Gasteiger partial charge in [-0.3, -0.25) is 9.78 Å². The number of hydrogen-bond acceptors (Lipinski definition) is 5. The van der Waals surface area contributed by atoms with Crippen molar-refractivity contribution < 1.29 is 4.79 Å². The summed E-state index contributed by atoms with van der Waals surface area (Å²) in [4.78, 5) is 27.5. The van der Waals surface area contributed by atoms with E-state index in [4.69, 9.17) is 5.73 Å². The van der Waals surface area contributed by atoms with E-state index < -0.39 is 0 Å². The highest BCUT2D eigenvalue weighted by Gasteiger charge is 2.20. The Balaban J connectivity index is 1.92. The summed E-state index contributed by atoms with van der Waals surface area (Å²) in [5.41, 5.74) is 9.42. The fourth-order valence-corrected chi connectivity index (χ4v) is 2.75. The third-order valence-corrected chi connectivity index (χ3v) is 4.03. The van der Waals surface area contributed by atoms with E-state index in [1.54, 1.807) is 11.8 Å². The number of carbonyl (C=O) groups is 1. The van der Waals surface area contributed by atoms with E-state index in [1.165, 1.54) is 6.20 Å². The molecule has 132 valence electrons. The van der Waals surface area contributed by atoms with Crippen LogP contribution in [0, 0.1) is 13.8 Å². The van der Waals surface area contributed by atoms with Gasteiger partial charge in [0.2, 0.25) is 5.95 Å². The summed E-state index contributed by atoms with van der Waals surface area (Å²) >= 11 is 0. The number of nitrogen functional groups attached to an aromatic ring is 1. The van der Waals surface area contributed by atoms with E-state index in [-0.39, 0.29) is 11.9 Å². The van der Waals surface area contributed by atoms with Crippen molar-refractivity contribution in [2.24, 2.45) is 0 Å². The average Bonchev–Trinajstić information content (AvgIpc) is 2.62. The first-order valence-electron chi connectivity index (χ1n) is 8.38. The Morgan fingerprint density at radius 2 is 1.77 bits per heavy atom. The molecule has 6 nitrogen and oxygen atoms in total. The zero-order chi connectivity index (χ0) is 18.5. The number of pyridine rings is 1. The monoisotopic (exact) mass is 347 g/mol. The predicted octanol–water partition coefficient (Wildman–Crippen LogP) is 2.91. The molecule has 0 aliphatic heterocycles. The molecule has 3 rings (SSSR count). The fourth-order valence-electron chi connectivity index (χ4n) is 2.75. The number of rotatable bonds is 5. The molecule has 0 radical (unpaired) electrons. The van der Waals surface area contributed by atoms with Crippen LogP contribution in [0.1, 0.15) is 33.0 Å². The molecule has 2 heterocycles. The van der Waals surface area contributed by atoms with Gasteiger partial charge in [0.25, 0.3) is 5.91 Å². The molecule has 6 heteroatoms. The Hall–Kier alpha value is -3.28. The van der Waals surface area contributed by atoms with Gasteiger partial charge in [-0.05, 0) is 31.5 Å². The van der Waals surface area contributed by atoms with Crippen LogP contribution in [0.5, 0.6) is 0 Å². The van der Waals surface area contributed by atoms with Gasteiger partial charge in [-0.2, -0.15) is 0 Å². The Morgan fingerprint density at radius 1 is 1.00 bits per heavy atom. The van der Waals surface area contributed by atoms with Crippen molar-refractivity contribution >= 4 is 11.9 Å². The van der Waals surface area contributed by atoms with Gasteiger partial charge in [0, 0.05) is 18.4 Å². The van der Waals surface area contributed by atoms with Crippen molar-refractivity contribution in [2.45, 2.75) is 26.9 Å². The van der Waals surface area contributed by atoms with Crippen LogP contribution in [0.3, 0.4) is 0 Å². The maximum absolute atomic E-state index is 13.1. The summed E-state index contributed by atoms with van der Waals surface area (Å²) < 4.78 is 0. The minimum absolute atomic E-state index is 0.144. The number of benzene rings is 1. The minimum atomic E-state index is -0.144. The molecular formula is C20H21N5O. The van der Waals surface area contributed by atoms with Crippen molar-refractivity contribution in [3.8, 4) is 0 Å². The lowest BCUT2D eigenvalue weighted by Crippen LogP contribution is -2.31. The maximum Gasteiger partial charge on any atom is 0.257 e. The second-order valence-electron chi connectivity index (χ2n) is 6.14. The third-order valence-electron chi connectivity index (χ3n) is 4.03.